The molecule has 5 aliphatic rings. The summed E-state index contributed by atoms with van der Waals surface area (Å²) in [4.78, 5) is 27.6. The van der Waals surface area contributed by atoms with Gasteiger partial charge in [-0.15, -0.1) is 0 Å². The van der Waals surface area contributed by atoms with E-state index in [2.05, 4.69) is 0 Å². The summed E-state index contributed by atoms with van der Waals surface area (Å²) in [6.45, 7) is -3.10. The molecule has 6 aromatic carbocycles. The van der Waals surface area contributed by atoms with Crippen molar-refractivity contribution < 1.29 is 108 Å². The number of ether oxygens (including phenoxy) is 10. The number of aliphatic hydroxyl groups is 10. The Balaban J connectivity index is 0.884. The van der Waals surface area contributed by atoms with Gasteiger partial charge >= 0.3 is 11.9 Å². The van der Waals surface area contributed by atoms with Gasteiger partial charge in [0.15, 0.2) is 31.3 Å². The van der Waals surface area contributed by atoms with Gasteiger partial charge in [0.05, 0.1) is 30.9 Å². The molecule has 6 aromatic rings. The third-order valence-electron chi connectivity index (χ3n) is 14.7. The number of hydrogen-bond donors (Lipinski definition) is 10. The van der Waals surface area contributed by atoms with Gasteiger partial charge in [-0.1, -0.05) is 60.7 Å². The van der Waals surface area contributed by atoms with Crippen LogP contribution in [0.1, 0.15) is 20.7 Å². The van der Waals surface area contributed by atoms with Crippen LogP contribution >= 0.6 is 0 Å². The van der Waals surface area contributed by atoms with Crippen LogP contribution in [-0.4, -0.2) is 212 Å². The van der Waals surface area contributed by atoms with Crippen molar-refractivity contribution in [3.63, 3.8) is 0 Å². The molecule has 8 bridgehead atoms. The van der Waals surface area contributed by atoms with Crippen molar-refractivity contribution in [3.8, 4) is 0 Å². The predicted octanol–water partition coefficient (Wildman–Crippen LogP) is -0.361. The molecule has 0 radical (unpaired) electrons. The van der Waals surface area contributed by atoms with Crippen molar-refractivity contribution in [1.29, 1.82) is 0 Å². The van der Waals surface area contributed by atoms with Gasteiger partial charge in [-0.3, -0.25) is 0 Å². The molecule has 0 saturated carbocycles. The fourth-order valence-electron chi connectivity index (χ4n) is 10.4. The lowest BCUT2D eigenvalue weighted by molar-refractivity contribution is -0.383. The molecule has 5 saturated heterocycles. The summed E-state index contributed by atoms with van der Waals surface area (Å²) in [5, 5.41) is 120. The first-order valence-electron chi connectivity index (χ1n) is 24.8. The number of fused-ring (bicyclic) bond motifs is 12. The maximum absolute atomic E-state index is 14.0. The van der Waals surface area contributed by atoms with E-state index in [1.165, 1.54) is 6.07 Å². The first-order chi connectivity index (χ1) is 36.6. The maximum atomic E-state index is 14.0. The fraction of sp³-hybridized carbons (Fsp3) is 0.444. The lowest BCUT2D eigenvalue weighted by atomic mass is 9.96. The molecular weight excluding hydrogens is 1000 g/mol. The first kappa shape index (κ1) is 52.6. The third-order valence-corrected chi connectivity index (χ3v) is 14.7. The minimum absolute atomic E-state index is 0.0238. The van der Waals surface area contributed by atoms with Gasteiger partial charge in [-0.2, -0.15) is 0 Å². The van der Waals surface area contributed by atoms with Crippen LogP contribution in [-0.2, 0) is 47.4 Å². The highest BCUT2D eigenvalue weighted by atomic mass is 16.8. The number of hydrogen-bond acceptors (Lipinski definition) is 22. The molecule has 0 amide bonds. The second-order valence-corrected chi connectivity index (χ2v) is 19.6. The average Bonchev–Trinajstić information content (AvgIpc) is 3.44. The van der Waals surface area contributed by atoms with Crippen molar-refractivity contribution in [1.82, 2.24) is 0 Å². The van der Waals surface area contributed by atoms with Crippen molar-refractivity contribution in [2.75, 3.05) is 26.4 Å². The van der Waals surface area contributed by atoms with Crippen LogP contribution in [0.4, 0.5) is 0 Å². The molecule has 0 aromatic heterocycles. The molecule has 10 N–H and O–H groups in total. The molecule has 5 heterocycles. The normalized spacial score (nSPS) is 37.3. The Kier molecular flexibility index (Phi) is 15.1. The number of rotatable bonds is 6. The Hall–Kier alpha value is -5.42. The van der Waals surface area contributed by atoms with Crippen molar-refractivity contribution in [2.45, 2.75) is 123 Å². The Morgan fingerprint density at radius 1 is 0.421 bits per heavy atom. The molecule has 0 aliphatic carbocycles. The van der Waals surface area contributed by atoms with Gasteiger partial charge < -0.3 is 98.4 Å². The molecule has 22 heteroatoms. The molecule has 0 unspecified atom stereocenters. The molecule has 0 spiro atoms. The summed E-state index contributed by atoms with van der Waals surface area (Å²) in [5.41, 5.74) is 0.173. The van der Waals surface area contributed by atoms with Gasteiger partial charge in [0, 0.05) is 0 Å². The molecule has 11 rings (SSSR count). The highest BCUT2D eigenvalue weighted by molar-refractivity contribution is 6.03. The first-order valence-corrected chi connectivity index (χ1v) is 24.8. The highest BCUT2D eigenvalue weighted by Crippen LogP contribution is 2.36. The van der Waals surface area contributed by atoms with E-state index in [1.807, 2.05) is 72.8 Å². The number of benzene rings is 6. The number of esters is 2. The largest absolute Gasteiger partial charge is 0.459 e. The summed E-state index contributed by atoms with van der Waals surface area (Å²) in [6, 6.07) is 32.7. The van der Waals surface area contributed by atoms with Crippen LogP contribution in [0.15, 0.2) is 109 Å². The minimum atomic E-state index is -2.05. The van der Waals surface area contributed by atoms with Crippen LogP contribution in [0.3, 0.4) is 0 Å². The van der Waals surface area contributed by atoms with E-state index in [4.69, 9.17) is 47.4 Å². The van der Waals surface area contributed by atoms with E-state index in [0.29, 0.717) is 5.39 Å². The van der Waals surface area contributed by atoms with Crippen LogP contribution in [0.25, 0.3) is 43.1 Å². The third kappa shape index (κ3) is 10.2. The maximum Gasteiger partial charge on any atom is 0.338 e. The quantitative estimate of drug-likeness (QED) is 0.0752. The zero-order valence-corrected chi connectivity index (χ0v) is 40.1. The fourth-order valence-corrected chi connectivity index (χ4v) is 10.4. The Morgan fingerprint density at radius 3 is 1.41 bits per heavy atom. The van der Waals surface area contributed by atoms with Gasteiger partial charge in [0.1, 0.15) is 98.2 Å². The van der Waals surface area contributed by atoms with E-state index >= 15 is 0 Å². The Bertz CT molecular complexity index is 3070. The summed E-state index contributed by atoms with van der Waals surface area (Å²) in [5.74, 6) is -1.83. The second kappa shape index (κ2) is 21.8. The topological polar surface area (TPSA) is 329 Å². The molecule has 22 nitrogen and oxygen atoms in total. The second-order valence-electron chi connectivity index (χ2n) is 19.6. The van der Waals surface area contributed by atoms with Gasteiger partial charge in [0.25, 0.3) is 0 Å². The van der Waals surface area contributed by atoms with Crippen molar-refractivity contribution >= 4 is 55.0 Å². The summed E-state index contributed by atoms with van der Waals surface area (Å²) < 4.78 is 59.0. The molecular formula is C54H56O22. The molecule has 5 fully saturated rings. The van der Waals surface area contributed by atoms with Crippen LogP contribution in [0.2, 0.25) is 0 Å². The molecule has 5 aliphatic heterocycles. The van der Waals surface area contributed by atoms with E-state index in [9.17, 15) is 60.7 Å². The van der Waals surface area contributed by atoms with Gasteiger partial charge in [-0.05, 0) is 91.6 Å². The van der Waals surface area contributed by atoms with Gasteiger partial charge in [0.2, 0.25) is 0 Å². The van der Waals surface area contributed by atoms with Crippen LogP contribution in [0.5, 0.6) is 0 Å². The smallest absolute Gasteiger partial charge is 0.338 e. The van der Waals surface area contributed by atoms with E-state index in [1.54, 1.807) is 30.3 Å². The summed E-state index contributed by atoms with van der Waals surface area (Å²) in [6.07, 6.45) is -37.3. The Morgan fingerprint density at radius 2 is 0.868 bits per heavy atom. The Labute approximate surface area is 431 Å². The lowest BCUT2D eigenvalue weighted by Crippen LogP contribution is -2.67. The van der Waals surface area contributed by atoms with Gasteiger partial charge in [-0.25, -0.2) is 9.59 Å². The highest BCUT2D eigenvalue weighted by Gasteiger charge is 2.56. The van der Waals surface area contributed by atoms with Crippen molar-refractivity contribution in [3.05, 3.63) is 120 Å². The minimum Gasteiger partial charge on any atom is -0.459 e. The number of carbonyl (C=O) groups excluding carboxylic acids is 2. The van der Waals surface area contributed by atoms with E-state index in [0.717, 1.165) is 37.7 Å². The zero-order chi connectivity index (χ0) is 53.1. The standard InChI is InChI=1S/C54H56O22/c55-19-33-39(58)46-44(63)51(70-33)68-21-34-37(56)41(60)43(62)53(72-34)75-47-40(59)36(20-67-49(65)29-11-9-27-13-23-5-1-3-7-25(23)15-31(27)17-29)71-52(45(47)64)69-22-35-38(57)42(61)48(54(73-35)76-46)74-50(66)30-12-10-28-14-24-6-2-4-8-26(24)16-32(28)18-30/h1-18,33-48,51-64H,19-22H2/t33-,34-,35-,36-,37-,38-,39-,40-,41+,42+,43-,44-,45-,46+,47+,48-,51+,52+,53-,54-/m1/s1. The van der Waals surface area contributed by atoms with E-state index in [-0.39, 0.29) is 11.1 Å². The molecule has 76 heavy (non-hydrogen) atoms. The van der Waals surface area contributed by atoms with E-state index < -0.39 is 161 Å². The summed E-state index contributed by atoms with van der Waals surface area (Å²) in [7, 11) is 0. The molecule has 20 atom stereocenters. The average molecular weight is 1060 g/mol. The zero-order valence-electron chi connectivity index (χ0n) is 40.1. The van der Waals surface area contributed by atoms with Crippen LogP contribution in [0, 0.1) is 0 Å². The molecule has 404 valence electrons. The van der Waals surface area contributed by atoms with Crippen molar-refractivity contribution in [2.24, 2.45) is 0 Å². The predicted molar refractivity (Wildman–Crippen MR) is 260 cm³/mol. The van der Waals surface area contributed by atoms with Crippen LogP contribution < -0.4 is 0 Å². The number of aliphatic hydroxyl groups excluding tert-OH is 10. The lowest BCUT2D eigenvalue weighted by Gasteiger charge is -2.48. The number of carbonyl (C=O) groups is 2. The monoisotopic (exact) mass is 1060 g/mol. The SMILES string of the molecule is O=C(OC[C@H]1O[C@@H]2OC[C@H]3O[C@H](O[C@@H]4[C@@H](O)[C@@H](OC[C@H]5O[C@H](O[C@H]([C@H]2O)[C@@H]1O)[C@H](O)[C@@H](O)[C@@H]5O)O[C@H](CO)[C@H]4O)[C@H](OC(=O)c1ccc2cc4ccccc4cc2c1)[C@@H](O)[C@@H]3O)c1ccc2cc3ccccc3cc2c1. The summed E-state index contributed by atoms with van der Waals surface area (Å²) >= 11 is 0.